The Hall–Kier alpha value is -1.24. The lowest BCUT2D eigenvalue weighted by molar-refractivity contribution is -0.122. The van der Waals surface area contributed by atoms with E-state index in [1.165, 1.54) is 4.88 Å². The number of carbonyl (C=O) groups is 1. The Morgan fingerprint density at radius 2 is 2.11 bits per heavy atom. The van der Waals surface area contributed by atoms with Gasteiger partial charge in [0.2, 0.25) is 0 Å². The fourth-order valence-corrected chi connectivity index (χ4v) is 2.42. The minimum absolute atomic E-state index is 0.212. The first-order valence-corrected chi connectivity index (χ1v) is 6.24. The van der Waals surface area contributed by atoms with Crippen LogP contribution in [0.5, 0.6) is 0 Å². The van der Waals surface area contributed by atoms with Crippen LogP contribution in [-0.2, 0) is 6.42 Å². The molecule has 1 rings (SSSR count). The van der Waals surface area contributed by atoms with E-state index in [9.17, 15) is 18.0 Å². The summed E-state index contributed by atoms with van der Waals surface area (Å²) in [4.78, 5) is 13.4. The molecule has 0 aliphatic rings. The van der Waals surface area contributed by atoms with Crippen LogP contribution in [0, 0.1) is 6.92 Å². The van der Waals surface area contributed by atoms with E-state index in [0.29, 0.717) is 6.42 Å². The maximum atomic E-state index is 11.9. The number of hydrogen-bond acceptors (Lipinski definition) is 2. The highest BCUT2D eigenvalue weighted by Gasteiger charge is 2.27. The Balaban J connectivity index is 2.31. The van der Waals surface area contributed by atoms with Crippen molar-refractivity contribution in [1.82, 2.24) is 10.6 Å². The van der Waals surface area contributed by atoms with Crippen molar-refractivity contribution in [3.8, 4) is 0 Å². The first-order valence-electron chi connectivity index (χ1n) is 5.42. The Morgan fingerprint density at radius 3 is 2.61 bits per heavy atom. The maximum absolute atomic E-state index is 11.9. The molecule has 0 aliphatic carbocycles. The molecule has 0 bridgehead atoms. The van der Waals surface area contributed by atoms with Crippen LogP contribution in [0.3, 0.4) is 0 Å². The smallest absolute Gasteiger partial charge is 0.335 e. The fraction of sp³-hybridized carbons (Fsp3) is 0.545. The van der Waals surface area contributed by atoms with E-state index in [2.05, 4.69) is 5.32 Å². The van der Waals surface area contributed by atoms with Gasteiger partial charge in [-0.2, -0.15) is 13.2 Å². The number of rotatable bonds is 4. The van der Waals surface area contributed by atoms with Gasteiger partial charge in [-0.15, -0.1) is 11.3 Å². The average Bonchev–Trinajstić information content (AvgIpc) is 2.59. The molecular formula is C11H15F3N2OS. The fourth-order valence-electron chi connectivity index (χ4n) is 1.40. The van der Waals surface area contributed by atoms with Gasteiger partial charge in [-0.1, -0.05) is 0 Å². The minimum Gasteiger partial charge on any atom is -0.335 e. The molecule has 0 spiro atoms. The summed E-state index contributed by atoms with van der Waals surface area (Å²) in [5.74, 6) is 0. The predicted molar refractivity (Wildman–Crippen MR) is 64.8 cm³/mol. The maximum Gasteiger partial charge on any atom is 0.405 e. The van der Waals surface area contributed by atoms with Crippen molar-refractivity contribution < 1.29 is 18.0 Å². The number of urea groups is 1. The highest BCUT2D eigenvalue weighted by atomic mass is 32.1. The average molecular weight is 280 g/mol. The van der Waals surface area contributed by atoms with E-state index >= 15 is 0 Å². The molecule has 0 saturated heterocycles. The van der Waals surface area contributed by atoms with E-state index in [0.717, 1.165) is 4.88 Å². The second-order valence-corrected chi connectivity index (χ2v) is 5.43. The molecule has 1 aromatic rings. The molecule has 1 heterocycles. The molecule has 18 heavy (non-hydrogen) atoms. The molecule has 1 unspecified atom stereocenters. The van der Waals surface area contributed by atoms with Gasteiger partial charge in [0.15, 0.2) is 0 Å². The Kier molecular flexibility index (Phi) is 5.01. The zero-order valence-corrected chi connectivity index (χ0v) is 10.9. The van der Waals surface area contributed by atoms with Crippen LogP contribution in [0.25, 0.3) is 0 Å². The van der Waals surface area contributed by atoms with Crippen molar-refractivity contribution in [2.24, 2.45) is 0 Å². The van der Waals surface area contributed by atoms with E-state index in [1.807, 2.05) is 19.1 Å². The summed E-state index contributed by atoms with van der Waals surface area (Å²) < 4.78 is 35.6. The lowest BCUT2D eigenvalue weighted by Gasteiger charge is -2.14. The van der Waals surface area contributed by atoms with E-state index in [1.54, 1.807) is 23.6 Å². The number of hydrogen-bond donors (Lipinski definition) is 2. The number of aryl methyl sites for hydroxylation is 1. The second kappa shape index (κ2) is 6.08. The monoisotopic (exact) mass is 280 g/mol. The molecule has 0 aliphatic heterocycles. The number of alkyl halides is 3. The molecule has 2 amide bonds. The number of amides is 2. The van der Waals surface area contributed by atoms with Crippen LogP contribution in [-0.4, -0.2) is 24.8 Å². The Bertz CT molecular complexity index is 403. The van der Waals surface area contributed by atoms with Crippen LogP contribution >= 0.6 is 11.3 Å². The molecule has 0 fully saturated rings. The molecule has 1 aromatic heterocycles. The van der Waals surface area contributed by atoms with E-state index in [-0.39, 0.29) is 6.04 Å². The molecule has 7 heteroatoms. The van der Waals surface area contributed by atoms with Crippen molar-refractivity contribution in [2.45, 2.75) is 32.5 Å². The molecule has 0 radical (unpaired) electrons. The second-order valence-electron chi connectivity index (χ2n) is 4.06. The number of thiophene rings is 1. The zero-order valence-electron chi connectivity index (χ0n) is 10.1. The first-order chi connectivity index (χ1) is 8.26. The Morgan fingerprint density at radius 1 is 1.44 bits per heavy atom. The summed E-state index contributed by atoms with van der Waals surface area (Å²) in [7, 11) is 0. The highest BCUT2D eigenvalue weighted by Crippen LogP contribution is 2.16. The predicted octanol–water partition coefficient (Wildman–Crippen LogP) is 2.85. The molecule has 1 atom stereocenters. The van der Waals surface area contributed by atoms with Gasteiger partial charge in [-0.25, -0.2) is 4.79 Å². The molecule has 0 saturated carbocycles. The van der Waals surface area contributed by atoms with Crippen molar-refractivity contribution in [3.05, 3.63) is 21.9 Å². The SMILES string of the molecule is Cc1ccc(CC(C)NC(=O)NCC(F)(F)F)s1. The molecular weight excluding hydrogens is 265 g/mol. The number of carbonyl (C=O) groups excluding carboxylic acids is 1. The summed E-state index contributed by atoms with van der Waals surface area (Å²) >= 11 is 1.61. The molecule has 102 valence electrons. The number of halogens is 3. The van der Waals surface area contributed by atoms with Gasteiger partial charge >= 0.3 is 12.2 Å². The minimum atomic E-state index is -4.38. The third-order valence-electron chi connectivity index (χ3n) is 2.13. The van der Waals surface area contributed by atoms with E-state index in [4.69, 9.17) is 0 Å². The third kappa shape index (κ3) is 5.90. The lowest BCUT2D eigenvalue weighted by atomic mass is 10.2. The number of nitrogens with one attached hydrogen (secondary N) is 2. The summed E-state index contributed by atoms with van der Waals surface area (Å²) in [5, 5.41) is 4.24. The first kappa shape index (κ1) is 14.8. The van der Waals surface area contributed by atoms with Gasteiger partial charge < -0.3 is 10.6 Å². The molecule has 3 nitrogen and oxygen atoms in total. The third-order valence-corrected chi connectivity index (χ3v) is 3.15. The normalized spacial score (nSPS) is 13.2. The van der Waals surface area contributed by atoms with Crippen molar-refractivity contribution in [3.63, 3.8) is 0 Å². The van der Waals surface area contributed by atoms with Gasteiger partial charge in [-0.05, 0) is 26.0 Å². The van der Waals surface area contributed by atoms with Crippen molar-refractivity contribution in [1.29, 1.82) is 0 Å². The van der Waals surface area contributed by atoms with Crippen molar-refractivity contribution >= 4 is 17.4 Å². The summed E-state index contributed by atoms with van der Waals surface area (Å²) in [5.41, 5.74) is 0. The van der Waals surface area contributed by atoms with Gasteiger partial charge in [0.25, 0.3) is 0 Å². The van der Waals surface area contributed by atoms with Gasteiger partial charge in [0.05, 0.1) is 0 Å². The topological polar surface area (TPSA) is 41.1 Å². The standard InChI is InChI=1S/C11H15F3N2OS/c1-7(5-9-4-3-8(2)18-9)16-10(17)15-6-11(12,13)14/h3-4,7H,5-6H2,1-2H3,(H2,15,16,17). The zero-order chi connectivity index (χ0) is 13.8. The van der Waals surface area contributed by atoms with Gasteiger partial charge in [0.1, 0.15) is 6.54 Å². The van der Waals surface area contributed by atoms with Crippen LogP contribution in [0.2, 0.25) is 0 Å². The van der Waals surface area contributed by atoms with Gasteiger partial charge in [-0.3, -0.25) is 0 Å². The summed E-state index contributed by atoms with van der Waals surface area (Å²) in [6.07, 6.45) is -3.77. The lowest BCUT2D eigenvalue weighted by Crippen LogP contribution is -2.44. The summed E-state index contributed by atoms with van der Waals surface area (Å²) in [6.45, 7) is 2.41. The van der Waals surface area contributed by atoms with E-state index < -0.39 is 18.8 Å². The quantitative estimate of drug-likeness (QED) is 0.875. The summed E-state index contributed by atoms with van der Waals surface area (Å²) in [6, 6.07) is 2.91. The van der Waals surface area contributed by atoms with Crippen molar-refractivity contribution in [2.75, 3.05) is 6.54 Å². The largest absolute Gasteiger partial charge is 0.405 e. The van der Waals surface area contributed by atoms with Crippen LogP contribution in [0.4, 0.5) is 18.0 Å². The van der Waals surface area contributed by atoms with Crippen LogP contribution in [0.1, 0.15) is 16.7 Å². The Labute approximate surface area is 107 Å². The molecule has 0 aromatic carbocycles. The highest BCUT2D eigenvalue weighted by molar-refractivity contribution is 7.11. The molecule has 2 N–H and O–H groups in total. The van der Waals surface area contributed by atoms with Crippen LogP contribution < -0.4 is 10.6 Å². The van der Waals surface area contributed by atoms with Crippen LogP contribution in [0.15, 0.2) is 12.1 Å². The van der Waals surface area contributed by atoms with Gasteiger partial charge in [0, 0.05) is 22.2 Å².